The summed E-state index contributed by atoms with van der Waals surface area (Å²) < 4.78 is 53.2. The maximum atomic E-state index is 9.09. The molecule has 5 heteroatoms. The zero-order valence-electron chi connectivity index (χ0n) is 37.1. The van der Waals surface area contributed by atoms with E-state index in [1.54, 1.807) is 0 Å². The Hall–Kier alpha value is -7.63. The van der Waals surface area contributed by atoms with Crippen LogP contribution in [0.15, 0.2) is 186 Å². The second kappa shape index (κ2) is 12.7. The van der Waals surface area contributed by atoms with Crippen molar-refractivity contribution in [3.63, 3.8) is 0 Å². The van der Waals surface area contributed by atoms with Gasteiger partial charge in [-0.2, -0.15) is 0 Å². The molecule has 0 unspecified atom stereocenters. The lowest BCUT2D eigenvalue weighted by Crippen LogP contribution is -2.17. The van der Waals surface area contributed by atoms with E-state index in [1.807, 2.05) is 60.7 Å². The van der Waals surface area contributed by atoms with E-state index >= 15 is 0 Å². The summed E-state index contributed by atoms with van der Waals surface area (Å²) in [6.07, 6.45) is 0. The lowest BCUT2D eigenvalue weighted by atomic mass is 9.80. The van der Waals surface area contributed by atoms with Crippen molar-refractivity contribution in [3.8, 4) is 62.1 Å². The van der Waals surface area contributed by atoms with Crippen LogP contribution in [0, 0.1) is 0 Å². The smallest absolute Gasteiger partial charge is 0.167 e. The molecule has 3 aromatic heterocycles. The number of benzene rings is 8. The van der Waals surface area contributed by atoms with Crippen molar-refractivity contribution in [2.45, 2.75) is 19.3 Å². The lowest BCUT2D eigenvalue weighted by Gasteiger charge is -2.24. The van der Waals surface area contributed by atoms with Gasteiger partial charge < -0.3 is 8.98 Å². The molecule has 278 valence electrons. The third-order valence-corrected chi connectivity index (χ3v) is 11.9. The van der Waals surface area contributed by atoms with Crippen molar-refractivity contribution >= 4 is 43.7 Å². The van der Waals surface area contributed by atoms with Gasteiger partial charge in [0.1, 0.15) is 11.2 Å². The number of nitrogens with zero attached hydrogens (tertiary/aromatic N) is 4. The van der Waals surface area contributed by atoms with E-state index in [1.165, 1.54) is 5.56 Å². The average molecular weight is 762 g/mol. The number of rotatable bonds is 5. The molecule has 1 aliphatic rings. The lowest BCUT2D eigenvalue weighted by molar-refractivity contribution is 0.661. The Balaban J connectivity index is 1.22. The van der Waals surface area contributed by atoms with Crippen LogP contribution in [-0.2, 0) is 5.41 Å². The van der Waals surface area contributed by atoms with E-state index in [0.29, 0.717) is 22.6 Å². The Morgan fingerprint density at radius 1 is 0.475 bits per heavy atom. The van der Waals surface area contributed by atoms with E-state index < -0.39 is 35.6 Å². The molecule has 0 bridgehead atoms. The first-order valence-electron chi connectivity index (χ1n) is 22.2. The maximum absolute atomic E-state index is 9.09. The van der Waals surface area contributed by atoms with Crippen molar-refractivity contribution in [2.24, 2.45) is 0 Å². The fourth-order valence-electron chi connectivity index (χ4n) is 9.35. The standard InChI is InChI=1S/C54H36N4O/c1-54(2)45-28-12-9-21-37(45)40-25-16-27-42(48(40)54)52-55-51(34-19-7-4-8-20-34)56-53(57-52)44-32-35(58-46-29-13-10-22-38(46)39-23-11-14-30-47(39)58)31-43-41-26-15-24-36(49(41)59-50(43)44)33-17-5-3-6-18-33/h3-32H,1-2H3/i4D,7D,8D,19D,20D. The first-order chi connectivity index (χ1) is 31.1. The summed E-state index contributed by atoms with van der Waals surface area (Å²) in [5.74, 6) is 0.492. The van der Waals surface area contributed by atoms with Crippen molar-refractivity contribution in [1.82, 2.24) is 19.5 Å². The second-order valence-electron chi connectivity index (χ2n) is 15.6. The highest BCUT2D eigenvalue weighted by Crippen LogP contribution is 2.52. The summed E-state index contributed by atoms with van der Waals surface area (Å²) in [4.78, 5) is 15.5. The van der Waals surface area contributed by atoms with Crippen molar-refractivity contribution in [3.05, 3.63) is 193 Å². The van der Waals surface area contributed by atoms with Gasteiger partial charge in [0.25, 0.3) is 0 Å². The highest BCUT2D eigenvalue weighted by molar-refractivity contribution is 6.15. The van der Waals surface area contributed by atoms with Crippen LogP contribution in [0.5, 0.6) is 0 Å². The summed E-state index contributed by atoms with van der Waals surface area (Å²) in [6.45, 7) is 4.38. The Morgan fingerprint density at radius 3 is 1.83 bits per heavy atom. The minimum Gasteiger partial charge on any atom is -0.455 e. The molecular weight excluding hydrogens is 721 g/mol. The predicted molar refractivity (Wildman–Crippen MR) is 241 cm³/mol. The van der Waals surface area contributed by atoms with Gasteiger partial charge in [-0.05, 0) is 52.1 Å². The molecule has 0 fully saturated rings. The van der Waals surface area contributed by atoms with Gasteiger partial charge in [0, 0.05) is 49.3 Å². The number of para-hydroxylation sites is 3. The minimum atomic E-state index is -0.495. The molecule has 0 amide bonds. The highest BCUT2D eigenvalue weighted by atomic mass is 16.3. The minimum absolute atomic E-state index is 0.0422. The molecule has 0 aliphatic heterocycles. The molecule has 0 saturated carbocycles. The number of fused-ring (bicyclic) bond motifs is 9. The van der Waals surface area contributed by atoms with Gasteiger partial charge in [-0.15, -0.1) is 0 Å². The summed E-state index contributed by atoms with van der Waals surface area (Å²) >= 11 is 0. The van der Waals surface area contributed by atoms with Crippen LogP contribution in [0.3, 0.4) is 0 Å². The normalized spacial score (nSPS) is 14.2. The van der Waals surface area contributed by atoms with E-state index in [2.05, 4.69) is 109 Å². The maximum Gasteiger partial charge on any atom is 0.167 e. The molecule has 0 spiro atoms. The average Bonchev–Trinajstić information content (AvgIpc) is 3.96. The molecule has 8 aromatic carbocycles. The van der Waals surface area contributed by atoms with Gasteiger partial charge in [-0.1, -0.05) is 171 Å². The van der Waals surface area contributed by atoms with Gasteiger partial charge in [0.2, 0.25) is 0 Å². The Morgan fingerprint density at radius 2 is 1.05 bits per heavy atom. The number of aromatic nitrogens is 4. The van der Waals surface area contributed by atoms with Gasteiger partial charge in [0.15, 0.2) is 17.5 Å². The van der Waals surface area contributed by atoms with Crippen LogP contribution in [0.4, 0.5) is 0 Å². The Labute approximate surface area is 347 Å². The molecule has 12 rings (SSSR count). The molecule has 3 heterocycles. The van der Waals surface area contributed by atoms with Crippen LogP contribution < -0.4 is 0 Å². The Kier molecular flexibility index (Phi) is 6.18. The molecule has 0 N–H and O–H groups in total. The molecule has 59 heavy (non-hydrogen) atoms. The quantitative estimate of drug-likeness (QED) is 0.175. The van der Waals surface area contributed by atoms with Crippen LogP contribution in [0.2, 0.25) is 0 Å². The fraction of sp³-hybridized carbons (Fsp3) is 0.0556. The van der Waals surface area contributed by atoms with Gasteiger partial charge in [-0.25, -0.2) is 15.0 Å². The van der Waals surface area contributed by atoms with Gasteiger partial charge in [-0.3, -0.25) is 0 Å². The fourth-order valence-corrected chi connectivity index (χ4v) is 9.35. The number of hydrogen-bond acceptors (Lipinski definition) is 4. The second-order valence-corrected chi connectivity index (χ2v) is 15.6. The van der Waals surface area contributed by atoms with Crippen LogP contribution >= 0.6 is 0 Å². The summed E-state index contributed by atoms with van der Waals surface area (Å²) in [6, 6.07) is 49.4. The number of furan rings is 1. The van der Waals surface area contributed by atoms with Crippen molar-refractivity contribution in [2.75, 3.05) is 0 Å². The molecule has 11 aromatic rings. The van der Waals surface area contributed by atoms with E-state index in [9.17, 15) is 0 Å². The summed E-state index contributed by atoms with van der Waals surface area (Å²) in [5, 5.41) is 3.96. The van der Waals surface area contributed by atoms with Crippen molar-refractivity contribution in [1.29, 1.82) is 0 Å². The Bertz CT molecular complexity index is 3700. The molecule has 5 nitrogen and oxygen atoms in total. The predicted octanol–water partition coefficient (Wildman–Crippen LogP) is 13.8. The molecule has 0 radical (unpaired) electrons. The van der Waals surface area contributed by atoms with Crippen LogP contribution in [0.25, 0.3) is 106 Å². The zero-order chi connectivity index (χ0) is 43.6. The topological polar surface area (TPSA) is 56.7 Å². The number of hydrogen-bond donors (Lipinski definition) is 0. The van der Waals surface area contributed by atoms with E-state index in [4.69, 9.17) is 26.2 Å². The molecule has 0 atom stereocenters. The molecule has 1 aliphatic carbocycles. The monoisotopic (exact) mass is 761 g/mol. The van der Waals surface area contributed by atoms with Gasteiger partial charge >= 0.3 is 0 Å². The third-order valence-electron chi connectivity index (χ3n) is 11.9. The summed E-state index contributed by atoms with van der Waals surface area (Å²) in [5.41, 5.74) is 11.2. The molecule has 0 saturated heterocycles. The van der Waals surface area contributed by atoms with Crippen LogP contribution in [0.1, 0.15) is 31.8 Å². The van der Waals surface area contributed by atoms with E-state index in [0.717, 1.165) is 71.6 Å². The first kappa shape index (κ1) is 28.7. The van der Waals surface area contributed by atoms with Crippen LogP contribution in [-0.4, -0.2) is 19.5 Å². The van der Waals surface area contributed by atoms with Crippen molar-refractivity contribution < 1.29 is 11.3 Å². The summed E-state index contributed by atoms with van der Waals surface area (Å²) in [7, 11) is 0. The first-order valence-corrected chi connectivity index (χ1v) is 19.7. The zero-order valence-corrected chi connectivity index (χ0v) is 32.1. The molecular formula is C54H36N4O. The third kappa shape index (κ3) is 5.01. The van der Waals surface area contributed by atoms with E-state index in [-0.39, 0.29) is 17.2 Å². The largest absolute Gasteiger partial charge is 0.455 e. The highest BCUT2D eigenvalue weighted by Gasteiger charge is 2.38. The SMILES string of the molecule is [2H]c1c([2H])c([2H])c(-c2nc(-c3cccc4c3C(C)(C)c3ccccc3-4)nc(-c3cc(-n4c5ccccc5c5ccccc54)cc4c3oc3c(-c5ccccc5)cccc34)n2)c([2H])c1[2H]. The van der Waals surface area contributed by atoms with Gasteiger partial charge in [0.05, 0.1) is 23.5 Å².